The third-order valence-electron chi connectivity index (χ3n) is 4.81. The van der Waals surface area contributed by atoms with E-state index in [4.69, 9.17) is 16.7 Å². The van der Waals surface area contributed by atoms with E-state index in [9.17, 15) is 13.6 Å². The van der Waals surface area contributed by atoms with Crippen LogP contribution in [0.5, 0.6) is 0 Å². The normalized spacial score (nSPS) is 14.9. The topological polar surface area (TPSA) is 109 Å². The van der Waals surface area contributed by atoms with Crippen LogP contribution in [-0.2, 0) is 11.3 Å². The summed E-state index contributed by atoms with van der Waals surface area (Å²) in [6, 6.07) is 1.12. The SMILES string of the molecule is O=C(Nc1cc(Cl)c(F)c2c1c(C1CNNC1)cn2-c1cn(CCO)nn1)C(F)F. The highest BCUT2D eigenvalue weighted by atomic mass is 35.5. The van der Waals surface area contributed by atoms with Gasteiger partial charge in [-0.05, 0) is 11.6 Å². The Hall–Kier alpha value is -2.67. The highest BCUT2D eigenvalue weighted by Crippen LogP contribution is 2.39. The van der Waals surface area contributed by atoms with Crippen molar-refractivity contribution >= 4 is 34.1 Å². The molecule has 0 spiro atoms. The number of alkyl halides is 2. The van der Waals surface area contributed by atoms with Crippen LogP contribution in [0.2, 0.25) is 5.02 Å². The Labute approximate surface area is 172 Å². The molecular formula is C17H17ClF3N7O2. The quantitative estimate of drug-likeness (QED) is 0.458. The van der Waals surface area contributed by atoms with E-state index < -0.39 is 18.1 Å². The van der Waals surface area contributed by atoms with Crippen molar-refractivity contribution in [1.29, 1.82) is 0 Å². The molecule has 1 aliphatic heterocycles. The predicted octanol–water partition coefficient (Wildman–Crippen LogP) is 1.40. The highest BCUT2D eigenvalue weighted by Gasteiger charge is 2.28. The van der Waals surface area contributed by atoms with Crippen molar-refractivity contribution in [2.24, 2.45) is 0 Å². The minimum Gasteiger partial charge on any atom is -0.394 e. The largest absolute Gasteiger partial charge is 0.394 e. The zero-order valence-corrected chi connectivity index (χ0v) is 16.1. The number of carbonyl (C=O) groups is 1. The molecule has 0 unspecified atom stereocenters. The summed E-state index contributed by atoms with van der Waals surface area (Å²) in [6.07, 6.45) is -0.125. The summed E-state index contributed by atoms with van der Waals surface area (Å²) in [5, 5.41) is 19.0. The van der Waals surface area contributed by atoms with E-state index in [0.29, 0.717) is 18.7 Å². The summed E-state index contributed by atoms with van der Waals surface area (Å²) in [5.74, 6) is -2.20. The van der Waals surface area contributed by atoms with Gasteiger partial charge in [0.2, 0.25) is 0 Å². The Bertz CT molecular complexity index is 1090. The summed E-state index contributed by atoms with van der Waals surface area (Å²) < 4.78 is 43.6. The van der Waals surface area contributed by atoms with Crippen LogP contribution < -0.4 is 16.2 Å². The summed E-state index contributed by atoms with van der Waals surface area (Å²) in [6.45, 7) is 1.03. The van der Waals surface area contributed by atoms with Crippen molar-refractivity contribution in [3.8, 4) is 5.82 Å². The van der Waals surface area contributed by atoms with Crippen LogP contribution in [0.4, 0.5) is 18.9 Å². The van der Waals surface area contributed by atoms with Crippen molar-refractivity contribution < 1.29 is 23.1 Å². The average molecular weight is 444 g/mol. The fourth-order valence-electron chi connectivity index (χ4n) is 3.47. The molecule has 1 amide bonds. The van der Waals surface area contributed by atoms with Crippen molar-refractivity contribution in [3.05, 3.63) is 34.9 Å². The summed E-state index contributed by atoms with van der Waals surface area (Å²) in [5.41, 5.74) is 6.49. The molecule has 9 nitrogen and oxygen atoms in total. The summed E-state index contributed by atoms with van der Waals surface area (Å²) in [7, 11) is 0. The molecule has 1 aliphatic rings. The monoisotopic (exact) mass is 443 g/mol. The van der Waals surface area contributed by atoms with Gasteiger partial charge in [-0.2, -0.15) is 8.78 Å². The first-order valence-corrected chi connectivity index (χ1v) is 9.37. The van der Waals surface area contributed by atoms with E-state index in [1.54, 1.807) is 6.20 Å². The maximum atomic E-state index is 15.1. The fraction of sp³-hybridized carbons (Fsp3) is 0.353. The zero-order valence-electron chi connectivity index (χ0n) is 15.4. The lowest BCUT2D eigenvalue weighted by Gasteiger charge is -2.12. The molecule has 4 N–H and O–H groups in total. The number of benzene rings is 1. The van der Waals surface area contributed by atoms with E-state index in [2.05, 4.69) is 26.5 Å². The van der Waals surface area contributed by atoms with Gasteiger partial charge < -0.3 is 10.4 Å². The van der Waals surface area contributed by atoms with E-state index in [0.717, 1.165) is 6.07 Å². The van der Waals surface area contributed by atoms with Gasteiger partial charge in [0, 0.05) is 30.6 Å². The van der Waals surface area contributed by atoms with Gasteiger partial charge in [0.1, 0.15) is 0 Å². The van der Waals surface area contributed by atoms with Crippen LogP contribution in [0.25, 0.3) is 16.7 Å². The lowest BCUT2D eigenvalue weighted by Crippen LogP contribution is -2.21. The molecule has 13 heteroatoms. The standard InChI is InChI=1S/C17H17ClF3N7O2/c18-10-3-11(24-17(30)16(20)21)13-9(8-4-22-23-5-8)6-28(15(13)14(10)19)12-7-27(1-2-29)26-25-12/h3,6-8,16,22-23,29H,1-2,4-5H2,(H,24,30). The number of hydrogen-bond acceptors (Lipinski definition) is 6. The van der Waals surface area contributed by atoms with Gasteiger partial charge in [0.15, 0.2) is 11.6 Å². The first-order chi connectivity index (χ1) is 14.4. The number of fused-ring (bicyclic) bond motifs is 1. The second-order valence-electron chi connectivity index (χ2n) is 6.71. The Morgan fingerprint density at radius 1 is 1.37 bits per heavy atom. The number of aliphatic hydroxyl groups excluding tert-OH is 1. The van der Waals surface area contributed by atoms with Crippen LogP contribution >= 0.6 is 11.6 Å². The van der Waals surface area contributed by atoms with Crippen molar-refractivity contribution in [2.45, 2.75) is 18.9 Å². The van der Waals surface area contributed by atoms with Crippen LogP contribution in [0.3, 0.4) is 0 Å². The zero-order chi connectivity index (χ0) is 21.4. The molecular weight excluding hydrogens is 427 g/mol. The number of aromatic nitrogens is 4. The Balaban J connectivity index is 1.95. The highest BCUT2D eigenvalue weighted by molar-refractivity contribution is 6.32. The van der Waals surface area contributed by atoms with Gasteiger partial charge in [-0.25, -0.2) is 9.07 Å². The van der Waals surface area contributed by atoms with Gasteiger partial charge in [-0.15, -0.1) is 5.10 Å². The van der Waals surface area contributed by atoms with Gasteiger partial charge in [0.05, 0.1) is 35.6 Å². The summed E-state index contributed by atoms with van der Waals surface area (Å²) in [4.78, 5) is 11.7. The molecule has 0 atom stereocenters. The van der Waals surface area contributed by atoms with E-state index in [1.165, 1.54) is 15.4 Å². The summed E-state index contributed by atoms with van der Waals surface area (Å²) >= 11 is 6.01. The number of amides is 1. The number of carbonyl (C=O) groups excluding carboxylic acids is 1. The lowest BCUT2D eigenvalue weighted by atomic mass is 9.98. The molecule has 3 aromatic rings. The number of anilines is 1. The fourth-order valence-corrected chi connectivity index (χ4v) is 3.67. The molecule has 4 rings (SSSR count). The van der Waals surface area contributed by atoms with Crippen LogP contribution in [0, 0.1) is 5.82 Å². The second-order valence-corrected chi connectivity index (χ2v) is 7.12. The number of hydrogen-bond donors (Lipinski definition) is 4. The Kier molecular flexibility index (Phi) is 5.64. The third-order valence-corrected chi connectivity index (χ3v) is 5.09. The maximum absolute atomic E-state index is 15.1. The van der Waals surface area contributed by atoms with E-state index in [1.807, 2.05) is 0 Å². The minimum atomic E-state index is -3.25. The van der Waals surface area contributed by atoms with Gasteiger partial charge in [-0.1, -0.05) is 16.8 Å². The number of aliphatic hydroxyl groups is 1. The first-order valence-electron chi connectivity index (χ1n) is 8.99. The van der Waals surface area contributed by atoms with Gasteiger partial charge in [0.25, 0.3) is 5.91 Å². The number of nitrogens with zero attached hydrogens (tertiary/aromatic N) is 4. The van der Waals surface area contributed by atoms with Crippen LogP contribution in [-0.4, -0.2) is 56.7 Å². The van der Waals surface area contributed by atoms with E-state index >= 15 is 4.39 Å². The maximum Gasteiger partial charge on any atom is 0.315 e. The number of halogens is 4. The van der Waals surface area contributed by atoms with E-state index in [-0.39, 0.29) is 46.5 Å². The predicted molar refractivity (Wildman–Crippen MR) is 102 cm³/mol. The number of hydrazine groups is 1. The minimum absolute atomic E-state index is 0.0231. The molecule has 0 aliphatic carbocycles. The van der Waals surface area contributed by atoms with Crippen molar-refractivity contribution in [2.75, 3.05) is 25.0 Å². The second kappa shape index (κ2) is 8.22. The lowest BCUT2D eigenvalue weighted by molar-refractivity contribution is -0.126. The molecule has 1 saturated heterocycles. The molecule has 3 heterocycles. The van der Waals surface area contributed by atoms with Crippen LogP contribution in [0.15, 0.2) is 18.5 Å². The Morgan fingerprint density at radius 3 is 2.77 bits per heavy atom. The number of rotatable bonds is 6. The first kappa shape index (κ1) is 20.6. The average Bonchev–Trinajstić information content (AvgIpc) is 3.44. The molecule has 2 aromatic heterocycles. The van der Waals surface area contributed by atoms with Crippen molar-refractivity contribution in [1.82, 2.24) is 30.4 Å². The molecule has 1 aromatic carbocycles. The van der Waals surface area contributed by atoms with Crippen molar-refractivity contribution in [3.63, 3.8) is 0 Å². The molecule has 0 saturated carbocycles. The third kappa shape index (κ3) is 3.62. The van der Waals surface area contributed by atoms with Gasteiger partial charge in [-0.3, -0.25) is 20.2 Å². The molecule has 1 fully saturated rings. The Morgan fingerprint density at radius 2 is 2.10 bits per heavy atom. The molecule has 0 radical (unpaired) electrons. The molecule has 160 valence electrons. The molecule has 30 heavy (non-hydrogen) atoms. The van der Waals surface area contributed by atoms with Gasteiger partial charge >= 0.3 is 6.43 Å². The smallest absolute Gasteiger partial charge is 0.315 e. The van der Waals surface area contributed by atoms with Crippen LogP contribution in [0.1, 0.15) is 11.5 Å². The molecule has 0 bridgehead atoms. The number of nitrogens with one attached hydrogen (secondary N) is 3.